The van der Waals surface area contributed by atoms with Crippen LogP contribution in [0.2, 0.25) is 0 Å². The number of aromatic nitrogens is 5. The summed E-state index contributed by atoms with van der Waals surface area (Å²) in [4.78, 5) is 15.3. The Labute approximate surface area is 247 Å². The third-order valence-corrected chi connectivity index (χ3v) is 9.90. The fraction of sp³-hybridized carbons (Fsp3) is 0.406. The molecule has 1 saturated carbocycles. The minimum absolute atomic E-state index is 0.183. The van der Waals surface area contributed by atoms with Gasteiger partial charge in [-0.1, -0.05) is 6.07 Å². The third-order valence-electron chi connectivity index (χ3n) is 9.19. The molecule has 9 heteroatoms. The number of aliphatic hydroxyl groups is 1. The molecule has 41 heavy (non-hydrogen) atoms. The number of fused-ring (bicyclic) bond motifs is 2. The van der Waals surface area contributed by atoms with Crippen molar-refractivity contribution in [3.05, 3.63) is 71.9 Å². The number of benzene rings is 2. The van der Waals surface area contributed by atoms with E-state index in [0.717, 1.165) is 95.0 Å². The molecule has 4 heterocycles. The molecule has 0 unspecified atom stereocenters. The van der Waals surface area contributed by atoms with Gasteiger partial charge in [0.2, 0.25) is 0 Å². The van der Waals surface area contributed by atoms with Crippen LogP contribution in [0.25, 0.3) is 33.2 Å². The maximum absolute atomic E-state index is 14.3. The van der Waals surface area contributed by atoms with E-state index in [9.17, 15) is 9.50 Å². The molecule has 2 aromatic carbocycles. The Balaban J connectivity index is 1.15. The predicted octanol–water partition coefficient (Wildman–Crippen LogP) is 4.69. The topological polar surface area (TPSA) is 82.9 Å². The van der Waals surface area contributed by atoms with Crippen LogP contribution < -0.4 is 4.48 Å². The van der Waals surface area contributed by atoms with Gasteiger partial charge in [-0.2, -0.15) is 0 Å². The van der Waals surface area contributed by atoms with Gasteiger partial charge in [-0.15, -0.1) is 0 Å². The standard InChI is InChI=1S/C32H34AsFN6O/c33-31-29-30(22-5-10-28-23(15-22)17-24(37-28)16-21-3-1-2-4-27(21)34)38-40(32(29)36-19-35-31)26-8-6-25(7-9-26)39-13-11-20(18-41)12-14-39/h1-5,10,15,17,19-20,25-26,37,41H,6-9,11-14,16,18H2. The summed E-state index contributed by atoms with van der Waals surface area (Å²) in [5, 5.41) is 16.8. The van der Waals surface area contributed by atoms with Crippen molar-refractivity contribution in [1.82, 2.24) is 29.6 Å². The zero-order chi connectivity index (χ0) is 27.9. The van der Waals surface area contributed by atoms with E-state index in [-0.39, 0.29) is 5.82 Å². The van der Waals surface area contributed by atoms with Crippen molar-refractivity contribution >= 4 is 43.3 Å². The molecule has 7 nitrogen and oxygen atoms in total. The van der Waals surface area contributed by atoms with E-state index in [1.807, 2.05) is 12.1 Å². The van der Waals surface area contributed by atoms with E-state index >= 15 is 0 Å². The number of piperidine rings is 1. The Hall–Kier alpha value is -3.06. The van der Waals surface area contributed by atoms with Crippen LogP contribution in [-0.2, 0) is 6.42 Å². The summed E-state index contributed by atoms with van der Waals surface area (Å²) in [6, 6.07) is 16.3. The Kier molecular flexibility index (Phi) is 7.40. The molecule has 0 atom stereocenters. The van der Waals surface area contributed by atoms with Crippen LogP contribution in [0.1, 0.15) is 55.8 Å². The molecule has 3 aromatic heterocycles. The third kappa shape index (κ3) is 5.22. The molecule has 2 radical (unpaired) electrons. The van der Waals surface area contributed by atoms with Crippen LogP contribution in [0.5, 0.6) is 0 Å². The molecule has 7 rings (SSSR count). The zero-order valence-corrected chi connectivity index (χ0v) is 24.9. The molecule has 5 aromatic rings. The molecule has 0 spiro atoms. The second-order valence-electron chi connectivity index (χ2n) is 11.7. The van der Waals surface area contributed by atoms with Crippen molar-refractivity contribution in [3.8, 4) is 11.3 Å². The monoisotopic (exact) mass is 612 g/mol. The normalized spacial score (nSPS) is 20.8. The average molecular weight is 613 g/mol. The molecule has 2 N–H and O–H groups in total. The summed E-state index contributed by atoms with van der Waals surface area (Å²) in [6.45, 7) is 2.52. The van der Waals surface area contributed by atoms with E-state index < -0.39 is 0 Å². The summed E-state index contributed by atoms with van der Waals surface area (Å²) >= 11 is 2.58. The predicted molar refractivity (Wildman–Crippen MR) is 160 cm³/mol. The van der Waals surface area contributed by atoms with Crippen molar-refractivity contribution in [2.75, 3.05) is 19.7 Å². The van der Waals surface area contributed by atoms with Gasteiger partial charge in [0, 0.05) is 6.61 Å². The van der Waals surface area contributed by atoms with Crippen LogP contribution >= 0.6 is 0 Å². The second kappa shape index (κ2) is 11.3. The number of rotatable bonds is 6. The first-order valence-corrected chi connectivity index (χ1v) is 15.6. The van der Waals surface area contributed by atoms with Gasteiger partial charge in [0.1, 0.15) is 0 Å². The van der Waals surface area contributed by atoms with Gasteiger partial charge in [0.15, 0.2) is 0 Å². The molecule has 1 saturated heterocycles. The van der Waals surface area contributed by atoms with E-state index in [4.69, 9.17) is 10.1 Å². The molecule has 2 aliphatic rings. The quantitative estimate of drug-likeness (QED) is 0.272. The number of aliphatic hydroxyl groups excluding tert-OH is 1. The number of aromatic amines is 1. The molecular weight excluding hydrogens is 578 g/mol. The van der Waals surface area contributed by atoms with E-state index in [2.05, 4.69) is 60.7 Å². The number of nitrogens with one attached hydrogen (secondary N) is 1. The SMILES string of the molecule is OCC1CCN(C2CCC(n3nc(-c4ccc5[nH]c(Cc6ccccc6F)cc5c4)c4c([As])ncnc43)CC2)CC1. The Morgan fingerprint density at radius 3 is 2.51 bits per heavy atom. The van der Waals surface area contributed by atoms with E-state index in [1.165, 1.54) is 6.07 Å². The number of hydrogen-bond acceptors (Lipinski definition) is 5. The van der Waals surface area contributed by atoms with Gasteiger partial charge in [0.25, 0.3) is 0 Å². The summed E-state index contributed by atoms with van der Waals surface area (Å²) < 4.78 is 17.3. The van der Waals surface area contributed by atoms with Crippen molar-refractivity contribution in [2.24, 2.45) is 5.92 Å². The first-order chi connectivity index (χ1) is 20.1. The number of H-pyrrole nitrogens is 1. The first-order valence-electron chi connectivity index (χ1n) is 14.7. The molecule has 1 aliphatic heterocycles. The van der Waals surface area contributed by atoms with Gasteiger partial charge in [-0.3, -0.25) is 0 Å². The molecule has 1 aliphatic carbocycles. The van der Waals surface area contributed by atoms with Crippen LogP contribution in [0, 0.1) is 11.7 Å². The molecule has 0 amide bonds. The van der Waals surface area contributed by atoms with Crippen molar-refractivity contribution in [3.63, 3.8) is 0 Å². The van der Waals surface area contributed by atoms with Crippen LogP contribution in [0.15, 0.2) is 54.9 Å². The molecule has 0 bridgehead atoms. The number of hydrogen-bond donors (Lipinski definition) is 2. The Morgan fingerprint density at radius 1 is 0.951 bits per heavy atom. The van der Waals surface area contributed by atoms with Crippen molar-refractivity contribution in [1.29, 1.82) is 0 Å². The molecule has 210 valence electrons. The van der Waals surface area contributed by atoms with Crippen LogP contribution in [-0.4, -0.2) is 77.3 Å². The van der Waals surface area contributed by atoms with Crippen LogP contribution in [0.3, 0.4) is 0 Å². The molecule has 2 fully saturated rings. The number of halogens is 1. The van der Waals surface area contributed by atoms with Gasteiger partial charge in [-0.25, -0.2) is 0 Å². The van der Waals surface area contributed by atoms with E-state index in [0.29, 0.717) is 36.6 Å². The fourth-order valence-corrected chi connectivity index (χ4v) is 7.41. The number of nitrogens with zero attached hydrogens (tertiary/aromatic N) is 5. The average Bonchev–Trinajstić information content (AvgIpc) is 3.60. The fourth-order valence-electron chi connectivity index (χ4n) is 6.87. The molecular formula is C32H34AsFN6O. The van der Waals surface area contributed by atoms with Gasteiger partial charge in [0.05, 0.1) is 0 Å². The van der Waals surface area contributed by atoms with Gasteiger partial charge >= 0.3 is 230 Å². The Morgan fingerprint density at radius 2 is 1.73 bits per heavy atom. The zero-order valence-electron chi connectivity index (χ0n) is 23.0. The Bertz CT molecular complexity index is 1680. The summed E-state index contributed by atoms with van der Waals surface area (Å²) in [5.41, 5.74) is 5.51. The summed E-state index contributed by atoms with van der Waals surface area (Å²) in [7, 11) is 0. The van der Waals surface area contributed by atoms with Crippen molar-refractivity contribution < 1.29 is 9.50 Å². The summed E-state index contributed by atoms with van der Waals surface area (Å²) in [6.07, 6.45) is 8.84. The van der Waals surface area contributed by atoms with Crippen molar-refractivity contribution in [2.45, 2.75) is 57.0 Å². The van der Waals surface area contributed by atoms with Crippen LogP contribution in [0.4, 0.5) is 4.39 Å². The number of likely N-dealkylation sites (tertiary alicyclic amines) is 1. The maximum atomic E-state index is 14.3. The second-order valence-corrected chi connectivity index (χ2v) is 12.6. The summed E-state index contributed by atoms with van der Waals surface area (Å²) in [5.74, 6) is 0.291. The van der Waals surface area contributed by atoms with E-state index in [1.54, 1.807) is 12.4 Å². The first kappa shape index (κ1) is 26.8. The van der Waals surface area contributed by atoms with Gasteiger partial charge in [-0.05, 0) is 0 Å². The van der Waals surface area contributed by atoms with Gasteiger partial charge < -0.3 is 5.11 Å². The minimum atomic E-state index is -0.183.